The quantitative estimate of drug-likeness (QED) is 0.574. The SMILES string of the molecule is COC(=O)[C@H](Cc1cc(Cl)ccc1Br)NC(=O)c1ccc2ccccc2c1. The van der Waals surface area contributed by atoms with Crippen LogP contribution in [0.3, 0.4) is 0 Å². The third-order valence-corrected chi connectivity index (χ3v) is 5.24. The smallest absolute Gasteiger partial charge is 0.328 e. The average Bonchev–Trinajstić information content (AvgIpc) is 2.69. The first-order valence-corrected chi connectivity index (χ1v) is 9.46. The van der Waals surface area contributed by atoms with Gasteiger partial charge in [-0.1, -0.05) is 57.9 Å². The van der Waals surface area contributed by atoms with Gasteiger partial charge < -0.3 is 10.1 Å². The molecular formula is C21H17BrClNO3. The van der Waals surface area contributed by atoms with Crippen LogP contribution < -0.4 is 5.32 Å². The van der Waals surface area contributed by atoms with Gasteiger partial charge in [-0.25, -0.2) is 4.79 Å². The van der Waals surface area contributed by atoms with E-state index in [2.05, 4.69) is 21.2 Å². The highest BCUT2D eigenvalue weighted by atomic mass is 79.9. The Kier molecular flexibility index (Phi) is 6.14. The van der Waals surface area contributed by atoms with Crippen molar-refractivity contribution in [1.29, 1.82) is 0 Å². The van der Waals surface area contributed by atoms with Crippen LogP contribution >= 0.6 is 27.5 Å². The van der Waals surface area contributed by atoms with Crippen LogP contribution in [-0.4, -0.2) is 25.0 Å². The van der Waals surface area contributed by atoms with Crippen LogP contribution in [-0.2, 0) is 16.0 Å². The summed E-state index contributed by atoms with van der Waals surface area (Å²) in [5, 5.41) is 5.32. The van der Waals surface area contributed by atoms with Crippen molar-refractivity contribution in [1.82, 2.24) is 5.32 Å². The molecule has 0 bridgehead atoms. The van der Waals surface area contributed by atoms with Gasteiger partial charge in [-0.3, -0.25) is 4.79 Å². The second-order valence-electron chi connectivity index (χ2n) is 6.05. The van der Waals surface area contributed by atoms with Crippen molar-refractivity contribution in [2.24, 2.45) is 0 Å². The van der Waals surface area contributed by atoms with Crippen LogP contribution in [0.2, 0.25) is 5.02 Å². The number of carbonyl (C=O) groups excluding carboxylic acids is 2. The molecule has 0 unspecified atom stereocenters. The monoisotopic (exact) mass is 445 g/mol. The number of benzene rings is 3. The molecule has 0 fully saturated rings. The van der Waals surface area contributed by atoms with E-state index in [9.17, 15) is 9.59 Å². The summed E-state index contributed by atoms with van der Waals surface area (Å²) in [5.41, 5.74) is 1.28. The van der Waals surface area contributed by atoms with E-state index in [1.807, 2.05) is 30.3 Å². The van der Waals surface area contributed by atoms with Crippen molar-refractivity contribution >= 4 is 50.2 Å². The molecule has 0 saturated carbocycles. The number of hydrogen-bond acceptors (Lipinski definition) is 3. The minimum absolute atomic E-state index is 0.257. The molecule has 3 rings (SSSR count). The van der Waals surface area contributed by atoms with E-state index in [0.29, 0.717) is 10.6 Å². The minimum Gasteiger partial charge on any atom is -0.467 e. The third-order valence-electron chi connectivity index (χ3n) is 4.23. The number of rotatable bonds is 5. The summed E-state index contributed by atoms with van der Waals surface area (Å²) < 4.78 is 5.67. The number of nitrogens with one attached hydrogen (secondary N) is 1. The Labute approximate surface area is 170 Å². The van der Waals surface area contributed by atoms with Gasteiger partial charge in [0.1, 0.15) is 6.04 Å². The average molecular weight is 447 g/mol. The Balaban J connectivity index is 1.83. The molecule has 3 aromatic rings. The maximum Gasteiger partial charge on any atom is 0.328 e. The summed E-state index contributed by atoms with van der Waals surface area (Å²) in [5.74, 6) is -0.856. The Morgan fingerprint density at radius 3 is 2.56 bits per heavy atom. The summed E-state index contributed by atoms with van der Waals surface area (Å²) in [6.07, 6.45) is 0.257. The zero-order chi connectivity index (χ0) is 19.4. The van der Waals surface area contributed by atoms with Gasteiger partial charge in [0.15, 0.2) is 0 Å². The Hall–Kier alpha value is -2.37. The van der Waals surface area contributed by atoms with Crippen LogP contribution in [0.25, 0.3) is 10.8 Å². The van der Waals surface area contributed by atoms with Crippen LogP contribution in [0.1, 0.15) is 15.9 Å². The molecule has 0 aliphatic rings. The molecule has 0 aliphatic heterocycles. The predicted molar refractivity (Wildman–Crippen MR) is 110 cm³/mol. The highest BCUT2D eigenvalue weighted by molar-refractivity contribution is 9.10. The molecule has 1 N–H and O–H groups in total. The number of halogens is 2. The van der Waals surface area contributed by atoms with Gasteiger partial charge in [0.25, 0.3) is 5.91 Å². The Morgan fingerprint density at radius 2 is 1.81 bits per heavy atom. The van der Waals surface area contributed by atoms with E-state index in [-0.39, 0.29) is 12.3 Å². The normalized spacial score (nSPS) is 11.8. The summed E-state index contributed by atoms with van der Waals surface area (Å²) in [7, 11) is 1.30. The fourth-order valence-electron chi connectivity index (χ4n) is 2.83. The van der Waals surface area contributed by atoms with Gasteiger partial charge in [0, 0.05) is 21.5 Å². The van der Waals surface area contributed by atoms with Gasteiger partial charge in [-0.2, -0.15) is 0 Å². The van der Waals surface area contributed by atoms with Crippen molar-refractivity contribution in [2.75, 3.05) is 7.11 Å². The Morgan fingerprint density at radius 1 is 1.07 bits per heavy atom. The predicted octanol–water partition coefficient (Wildman–Crippen LogP) is 4.77. The summed E-state index contributed by atoms with van der Waals surface area (Å²) in [6, 6.07) is 17.7. The first-order valence-electron chi connectivity index (χ1n) is 8.29. The van der Waals surface area contributed by atoms with Gasteiger partial charge in [0.05, 0.1) is 7.11 Å². The van der Waals surface area contributed by atoms with Gasteiger partial charge >= 0.3 is 5.97 Å². The van der Waals surface area contributed by atoms with Gasteiger partial charge in [-0.15, -0.1) is 0 Å². The van der Waals surface area contributed by atoms with Crippen molar-refractivity contribution in [3.63, 3.8) is 0 Å². The van der Waals surface area contributed by atoms with Crippen LogP contribution in [0.15, 0.2) is 65.1 Å². The lowest BCUT2D eigenvalue weighted by atomic mass is 10.0. The fourth-order valence-corrected chi connectivity index (χ4v) is 3.43. The van der Waals surface area contributed by atoms with Crippen molar-refractivity contribution in [3.05, 3.63) is 81.3 Å². The molecule has 6 heteroatoms. The van der Waals surface area contributed by atoms with Crippen molar-refractivity contribution in [2.45, 2.75) is 12.5 Å². The molecule has 0 radical (unpaired) electrons. The minimum atomic E-state index is -0.830. The van der Waals surface area contributed by atoms with E-state index in [1.54, 1.807) is 30.3 Å². The molecule has 0 aliphatic carbocycles. The topological polar surface area (TPSA) is 55.4 Å². The van der Waals surface area contributed by atoms with Crippen LogP contribution in [0.5, 0.6) is 0 Å². The highest BCUT2D eigenvalue weighted by Crippen LogP contribution is 2.23. The number of esters is 1. The number of amides is 1. The second-order valence-corrected chi connectivity index (χ2v) is 7.34. The molecule has 27 heavy (non-hydrogen) atoms. The number of hydrogen-bond donors (Lipinski definition) is 1. The van der Waals surface area contributed by atoms with Crippen molar-refractivity contribution < 1.29 is 14.3 Å². The van der Waals surface area contributed by atoms with Crippen LogP contribution in [0.4, 0.5) is 0 Å². The van der Waals surface area contributed by atoms with E-state index in [0.717, 1.165) is 20.8 Å². The fraction of sp³-hybridized carbons (Fsp3) is 0.143. The molecule has 1 amide bonds. The number of carbonyl (C=O) groups is 2. The van der Waals surface area contributed by atoms with E-state index >= 15 is 0 Å². The molecule has 0 spiro atoms. The first-order chi connectivity index (χ1) is 13.0. The molecule has 138 valence electrons. The van der Waals surface area contributed by atoms with Crippen molar-refractivity contribution in [3.8, 4) is 0 Å². The summed E-state index contributed by atoms with van der Waals surface area (Å²) in [6.45, 7) is 0. The molecular weight excluding hydrogens is 430 g/mol. The van der Waals surface area contributed by atoms with E-state index in [1.165, 1.54) is 7.11 Å². The van der Waals surface area contributed by atoms with E-state index in [4.69, 9.17) is 16.3 Å². The lowest BCUT2D eigenvalue weighted by Crippen LogP contribution is -2.43. The Bertz CT molecular complexity index is 1010. The maximum atomic E-state index is 12.7. The maximum absolute atomic E-state index is 12.7. The highest BCUT2D eigenvalue weighted by Gasteiger charge is 2.23. The molecule has 0 heterocycles. The first kappa shape index (κ1) is 19.4. The molecule has 3 aromatic carbocycles. The molecule has 0 saturated heterocycles. The lowest BCUT2D eigenvalue weighted by Gasteiger charge is -2.18. The van der Waals surface area contributed by atoms with Gasteiger partial charge in [0.2, 0.25) is 0 Å². The zero-order valence-electron chi connectivity index (χ0n) is 14.5. The zero-order valence-corrected chi connectivity index (χ0v) is 16.9. The standard InChI is InChI=1S/C21H17BrClNO3/c1-27-21(26)19(12-16-11-17(23)8-9-18(16)22)24-20(25)15-7-6-13-4-2-3-5-14(13)10-15/h2-11,19H,12H2,1H3,(H,24,25)/t19-/m0/s1. The van der Waals surface area contributed by atoms with E-state index < -0.39 is 12.0 Å². The molecule has 4 nitrogen and oxygen atoms in total. The second kappa shape index (κ2) is 8.55. The third kappa shape index (κ3) is 4.67. The number of ether oxygens (including phenoxy) is 1. The molecule has 0 aromatic heterocycles. The summed E-state index contributed by atoms with van der Waals surface area (Å²) in [4.78, 5) is 24.9. The number of fused-ring (bicyclic) bond motifs is 1. The molecule has 1 atom stereocenters. The van der Waals surface area contributed by atoms with Gasteiger partial charge in [-0.05, 0) is 46.7 Å². The largest absolute Gasteiger partial charge is 0.467 e. The lowest BCUT2D eigenvalue weighted by molar-refractivity contribution is -0.142. The summed E-state index contributed by atoms with van der Waals surface area (Å²) >= 11 is 9.49. The van der Waals surface area contributed by atoms with Crippen LogP contribution in [0, 0.1) is 0 Å². The number of methoxy groups -OCH3 is 1.